The van der Waals surface area contributed by atoms with Gasteiger partial charge in [-0.15, -0.1) is 0 Å². The molecular weight excluding hydrogens is 623 g/mol. The van der Waals surface area contributed by atoms with Gasteiger partial charge < -0.3 is 4.74 Å². The van der Waals surface area contributed by atoms with Crippen LogP contribution in [0, 0.1) is 5.41 Å². The van der Waals surface area contributed by atoms with Crippen LogP contribution in [0.5, 0.6) is 0 Å². The van der Waals surface area contributed by atoms with Crippen molar-refractivity contribution in [1.82, 2.24) is 9.71 Å². The van der Waals surface area contributed by atoms with E-state index in [-0.39, 0.29) is 28.1 Å². The fourth-order valence-electron chi connectivity index (χ4n) is 4.45. The van der Waals surface area contributed by atoms with Crippen molar-refractivity contribution in [3.8, 4) is 0 Å². The summed E-state index contributed by atoms with van der Waals surface area (Å²) in [4.78, 5) is 16.8. The number of nitrogens with one attached hydrogen (secondary N) is 1. The van der Waals surface area contributed by atoms with Gasteiger partial charge in [-0.3, -0.25) is 4.79 Å². The molecule has 0 bridgehead atoms. The predicted molar refractivity (Wildman–Crippen MR) is 179 cm³/mol. The first-order valence-corrected chi connectivity index (χ1v) is 17.0. The first kappa shape index (κ1) is 33.0. The molecule has 226 valence electrons. The Labute approximate surface area is 267 Å². The molecular formula is C33H34Cl2N2O4S2. The standard InChI is InChI=1S/C33H34Cl2N2O4S2/c1-33(2,21-32(38)41-3)22-42-31(17-18-36-43(39,40)29-15-11-26(34)12-16-29)25-6-4-5-23(19-25)7-13-28-14-9-24-8-10-27(35)20-30(24)37-28/h4-16,19-20,31,36H,17-18,21-22H2,1-3H3/b13-7+. The van der Waals surface area contributed by atoms with Gasteiger partial charge in [0.05, 0.1) is 29.6 Å². The second-order valence-electron chi connectivity index (χ2n) is 10.9. The number of pyridine rings is 1. The van der Waals surface area contributed by atoms with E-state index >= 15 is 0 Å². The normalized spacial score (nSPS) is 13.0. The summed E-state index contributed by atoms with van der Waals surface area (Å²) in [6.45, 7) is 4.30. The summed E-state index contributed by atoms with van der Waals surface area (Å²) in [5.41, 5.74) is 3.39. The number of carbonyl (C=O) groups is 1. The van der Waals surface area contributed by atoms with Gasteiger partial charge >= 0.3 is 5.97 Å². The zero-order valence-corrected chi connectivity index (χ0v) is 27.4. The summed E-state index contributed by atoms with van der Waals surface area (Å²) < 4.78 is 33.4. The Balaban J connectivity index is 1.52. The number of halogens is 2. The number of hydrogen-bond acceptors (Lipinski definition) is 6. The van der Waals surface area contributed by atoms with Crippen molar-refractivity contribution < 1.29 is 17.9 Å². The molecule has 3 aromatic carbocycles. The van der Waals surface area contributed by atoms with Crippen LogP contribution in [0.25, 0.3) is 23.1 Å². The first-order valence-electron chi connectivity index (χ1n) is 13.7. The number of methoxy groups -OCH3 is 1. The van der Waals surface area contributed by atoms with Crippen molar-refractivity contribution in [2.45, 2.75) is 36.8 Å². The Morgan fingerprint density at radius 2 is 1.72 bits per heavy atom. The molecule has 0 saturated heterocycles. The fourth-order valence-corrected chi connectivity index (χ4v) is 7.17. The molecule has 1 unspecified atom stereocenters. The summed E-state index contributed by atoms with van der Waals surface area (Å²) >= 11 is 13.8. The Morgan fingerprint density at radius 1 is 1.00 bits per heavy atom. The van der Waals surface area contributed by atoms with Crippen LogP contribution in [0.4, 0.5) is 0 Å². The molecule has 1 aromatic heterocycles. The van der Waals surface area contributed by atoms with Gasteiger partial charge in [-0.25, -0.2) is 18.1 Å². The van der Waals surface area contributed by atoms with Crippen molar-refractivity contribution >= 4 is 74.0 Å². The minimum absolute atomic E-state index is 0.0286. The topological polar surface area (TPSA) is 85.4 Å². The van der Waals surface area contributed by atoms with E-state index in [0.29, 0.717) is 28.6 Å². The molecule has 0 saturated carbocycles. The van der Waals surface area contributed by atoms with Crippen LogP contribution in [-0.2, 0) is 19.6 Å². The van der Waals surface area contributed by atoms with Gasteiger partial charge in [-0.1, -0.05) is 79.5 Å². The van der Waals surface area contributed by atoms with Gasteiger partial charge in [0.15, 0.2) is 0 Å². The van der Waals surface area contributed by atoms with Crippen LogP contribution < -0.4 is 4.72 Å². The number of benzene rings is 3. The third kappa shape index (κ3) is 9.81. The lowest BCUT2D eigenvalue weighted by Gasteiger charge is -2.26. The number of hydrogen-bond donors (Lipinski definition) is 1. The first-order chi connectivity index (χ1) is 20.4. The second-order valence-corrected chi connectivity index (χ2v) is 14.8. The maximum absolute atomic E-state index is 12.9. The smallest absolute Gasteiger partial charge is 0.306 e. The van der Waals surface area contributed by atoms with E-state index in [1.807, 2.05) is 74.5 Å². The van der Waals surface area contributed by atoms with Crippen molar-refractivity contribution in [2.75, 3.05) is 19.4 Å². The van der Waals surface area contributed by atoms with Gasteiger partial charge in [0, 0.05) is 27.2 Å². The number of fused-ring (bicyclic) bond motifs is 1. The largest absolute Gasteiger partial charge is 0.469 e. The third-order valence-electron chi connectivity index (χ3n) is 6.75. The Bertz CT molecular complexity index is 1710. The van der Waals surface area contributed by atoms with E-state index in [4.69, 9.17) is 32.9 Å². The molecule has 1 heterocycles. The molecule has 0 aliphatic carbocycles. The Hall–Kier alpha value is -2.88. The monoisotopic (exact) mass is 656 g/mol. The number of ether oxygens (including phenoxy) is 1. The second kappa shape index (κ2) is 14.7. The molecule has 43 heavy (non-hydrogen) atoms. The quantitative estimate of drug-likeness (QED) is 0.145. The lowest BCUT2D eigenvalue weighted by molar-refractivity contribution is -0.142. The van der Waals surface area contributed by atoms with Crippen molar-refractivity contribution in [3.63, 3.8) is 0 Å². The molecule has 4 aromatic rings. The van der Waals surface area contributed by atoms with Gasteiger partial charge in [0.2, 0.25) is 10.0 Å². The number of esters is 1. The van der Waals surface area contributed by atoms with Crippen LogP contribution in [0.2, 0.25) is 10.0 Å². The summed E-state index contributed by atoms with van der Waals surface area (Å²) in [6.07, 6.45) is 4.81. The van der Waals surface area contributed by atoms with E-state index in [0.717, 1.165) is 27.7 Å². The SMILES string of the molecule is COC(=O)CC(C)(C)CSC(CCNS(=O)(=O)c1ccc(Cl)cc1)c1cccc(/C=C/c2ccc3ccc(Cl)cc3n2)c1. The molecule has 1 atom stereocenters. The lowest BCUT2D eigenvalue weighted by atomic mass is 9.92. The highest BCUT2D eigenvalue weighted by molar-refractivity contribution is 7.99. The summed E-state index contributed by atoms with van der Waals surface area (Å²) in [6, 6.07) is 23.9. The number of nitrogens with zero attached hydrogens (tertiary/aromatic N) is 1. The highest BCUT2D eigenvalue weighted by Crippen LogP contribution is 2.38. The molecule has 0 radical (unpaired) electrons. The zero-order valence-electron chi connectivity index (χ0n) is 24.2. The van der Waals surface area contributed by atoms with Gasteiger partial charge in [0.25, 0.3) is 0 Å². The maximum atomic E-state index is 12.9. The van der Waals surface area contributed by atoms with Gasteiger partial charge in [-0.05, 0) is 77.3 Å². The van der Waals surface area contributed by atoms with Crippen LogP contribution in [0.15, 0.2) is 83.8 Å². The maximum Gasteiger partial charge on any atom is 0.306 e. The van der Waals surface area contributed by atoms with Crippen LogP contribution in [0.1, 0.15) is 48.8 Å². The number of sulfonamides is 1. The third-order valence-corrected chi connectivity index (χ3v) is 10.6. The molecule has 0 aliphatic rings. The Kier molecular flexibility index (Phi) is 11.3. The molecule has 10 heteroatoms. The average molecular weight is 658 g/mol. The van der Waals surface area contributed by atoms with Crippen LogP contribution >= 0.6 is 35.0 Å². The Morgan fingerprint density at radius 3 is 2.47 bits per heavy atom. The van der Waals surface area contributed by atoms with Gasteiger partial charge in [0.1, 0.15) is 0 Å². The summed E-state index contributed by atoms with van der Waals surface area (Å²) in [7, 11) is -2.30. The lowest BCUT2D eigenvalue weighted by Crippen LogP contribution is -2.26. The number of rotatable bonds is 13. The molecule has 0 aliphatic heterocycles. The van der Waals surface area contributed by atoms with E-state index in [1.54, 1.807) is 23.9 Å². The predicted octanol–water partition coefficient (Wildman–Crippen LogP) is 8.44. The molecule has 0 amide bonds. The minimum atomic E-state index is -3.69. The fraction of sp³-hybridized carbons (Fsp3) is 0.273. The minimum Gasteiger partial charge on any atom is -0.469 e. The molecule has 0 spiro atoms. The number of carbonyl (C=O) groups excluding carboxylic acids is 1. The summed E-state index contributed by atoms with van der Waals surface area (Å²) in [5, 5.41) is 2.10. The highest BCUT2D eigenvalue weighted by Gasteiger charge is 2.25. The summed E-state index contributed by atoms with van der Waals surface area (Å²) in [5.74, 6) is 0.426. The molecule has 0 fully saturated rings. The average Bonchev–Trinajstić information content (AvgIpc) is 2.97. The molecule has 1 N–H and O–H groups in total. The highest BCUT2D eigenvalue weighted by atomic mass is 35.5. The van der Waals surface area contributed by atoms with Crippen molar-refractivity contribution in [3.05, 3.63) is 106 Å². The number of thioether (sulfide) groups is 1. The van der Waals surface area contributed by atoms with Crippen LogP contribution in [-0.4, -0.2) is 38.8 Å². The van der Waals surface area contributed by atoms with E-state index in [1.165, 1.54) is 19.2 Å². The molecule has 6 nitrogen and oxygen atoms in total. The van der Waals surface area contributed by atoms with Crippen LogP contribution in [0.3, 0.4) is 0 Å². The van der Waals surface area contributed by atoms with E-state index in [9.17, 15) is 13.2 Å². The van der Waals surface area contributed by atoms with E-state index in [2.05, 4.69) is 10.8 Å². The van der Waals surface area contributed by atoms with Gasteiger partial charge in [-0.2, -0.15) is 11.8 Å². The number of aromatic nitrogens is 1. The van der Waals surface area contributed by atoms with Crippen molar-refractivity contribution in [1.29, 1.82) is 0 Å². The van der Waals surface area contributed by atoms with Crippen molar-refractivity contribution in [2.24, 2.45) is 5.41 Å². The zero-order chi connectivity index (χ0) is 31.0. The molecule has 4 rings (SSSR count). The van der Waals surface area contributed by atoms with E-state index < -0.39 is 10.0 Å².